The first kappa shape index (κ1) is 23.1. The third-order valence-corrected chi connectivity index (χ3v) is 5.82. The molecule has 12 heteroatoms. The number of hydrogen-bond donors (Lipinski definition) is 0. The number of alkyl halides is 3. The lowest BCUT2D eigenvalue weighted by molar-refractivity contribution is -0.605. The van der Waals surface area contributed by atoms with E-state index in [1.54, 1.807) is 13.0 Å². The van der Waals surface area contributed by atoms with E-state index in [0.717, 1.165) is 0 Å². The smallest absolute Gasteiger partial charge is 0.390 e. The molecular formula is C17H20ClF3N4O3S. The summed E-state index contributed by atoms with van der Waals surface area (Å²) >= 11 is 6.17. The molecule has 2 atom stereocenters. The van der Waals surface area contributed by atoms with E-state index in [1.807, 2.05) is 0 Å². The second-order valence-corrected chi connectivity index (χ2v) is 8.31. The molecule has 0 aliphatic rings. The van der Waals surface area contributed by atoms with Gasteiger partial charge >= 0.3 is 6.18 Å². The summed E-state index contributed by atoms with van der Waals surface area (Å²) in [6, 6.07) is 3.16. The molecule has 0 aliphatic carbocycles. The monoisotopic (exact) mass is 452 g/mol. The van der Waals surface area contributed by atoms with Crippen LogP contribution in [0.1, 0.15) is 20.3 Å². The Hall–Kier alpha value is -2.14. The first-order valence-corrected chi connectivity index (χ1v) is 10.6. The van der Waals surface area contributed by atoms with Gasteiger partial charge in [0.05, 0.1) is 12.6 Å². The fourth-order valence-corrected chi connectivity index (χ4v) is 4.17. The van der Waals surface area contributed by atoms with E-state index in [4.69, 9.17) is 11.6 Å². The van der Waals surface area contributed by atoms with Gasteiger partial charge in [-0.2, -0.15) is 23.0 Å². The Bertz CT molecular complexity index is 891. The number of nitrogens with zero attached hydrogens (tertiary/aromatic N) is 4. The van der Waals surface area contributed by atoms with Crippen LogP contribution in [0.5, 0.6) is 0 Å². The van der Waals surface area contributed by atoms with Gasteiger partial charge in [-0.15, -0.1) is 0 Å². The summed E-state index contributed by atoms with van der Waals surface area (Å²) in [7, 11) is -1.78. The molecule has 2 heterocycles. The lowest BCUT2D eigenvalue weighted by atomic mass is 10.2. The van der Waals surface area contributed by atoms with Crippen LogP contribution < -0.4 is 9.63 Å². The number of anilines is 1. The largest absolute Gasteiger partial charge is 0.619 e. The summed E-state index contributed by atoms with van der Waals surface area (Å²) in [5.41, 5.74) is 0.717. The minimum absolute atomic E-state index is 0.0203. The molecule has 0 N–H and O–H groups in total. The van der Waals surface area contributed by atoms with Crippen molar-refractivity contribution in [2.75, 3.05) is 23.0 Å². The molecule has 1 amide bonds. The van der Waals surface area contributed by atoms with Gasteiger partial charge in [0.15, 0.2) is 11.3 Å². The van der Waals surface area contributed by atoms with Gasteiger partial charge in [0.2, 0.25) is 12.1 Å². The summed E-state index contributed by atoms with van der Waals surface area (Å²) in [4.78, 5) is 14.1. The van der Waals surface area contributed by atoms with Crippen LogP contribution in [0.3, 0.4) is 0 Å². The zero-order valence-electron chi connectivity index (χ0n) is 15.7. The maximum absolute atomic E-state index is 12.8. The molecule has 160 valence electrons. The molecule has 0 saturated carbocycles. The lowest BCUT2D eigenvalue weighted by Crippen LogP contribution is -2.37. The van der Waals surface area contributed by atoms with Gasteiger partial charge < -0.3 is 10.1 Å². The van der Waals surface area contributed by atoms with Gasteiger partial charge in [-0.1, -0.05) is 18.5 Å². The number of aromatic nitrogens is 3. The summed E-state index contributed by atoms with van der Waals surface area (Å²) in [5.74, 6) is -1.94. The number of carbonyl (C=O) groups is 1. The number of pyridine rings is 1. The maximum atomic E-state index is 12.8. The molecule has 0 fully saturated rings. The minimum atomic E-state index is -4.39. The van der Waals surface area contributed by atoms with Crippen molar-refractivity contribution in [1.82, 2.24) is 9.78 Å². The Balaban J connectivity index is 2.14. The Kier molecular flexibility index (Phi) is 7.64. The lowest BCUT2D eigenvalue weighted by Gasteiger charge is -2.23. The van der Waals surface area contributed by atoms with E-state index in [1.165, 1.54) is 41.2 Å². The SMILES string of the molecule is CCN(C(=O)C(C)CS(=O)CCC(F)(F)F)c1cn(-c2ccc[n+]([O-])c2)nc1Cl. The van der Waals surface area contributed by atoms with Crippen molar-refractivity contribution in [3.63, 3.8) is 0 Å². The average molecular weight is 453 g/mol. The highest BCUT2D eigenvalue weighted by molar-refractivity contribution is 7.85. The number of rotatable bonds is 8. The molecule has 0 saturated heterocycles. The van der Waals surface area contributed by atoms with Gasteiger partial charge in [0.1, 0.15) is 11.4 Å². The number of hydrogen-bond acceptors (Lipinski definition) is 4. The highest BCUT2D eigenvalue weighted by atomic mass is 35.5. The molecule has 7 nitrogen and oxygen atoms in total. The molecule has 2 rings (SSSR count). The fourth-order valence-electron chi connectivity index (χ4n) is 2.61. The first-order chi connectivity index (χ1) is 13.5. The van der Waals surface area contributed by atoms with Crippen LogP contribution in [0.15, 0.2) is 30.7 Å². The van der Waals surface area contributed by atoms with E-state index < -0.39 is 41.0 Å². The minimum Gasteiger partial charge on any atom is -0.619 e. The number of halogens is 4. The third kappa shape index (κ3) is 6.43. The first-order valence-electron chi connectivity index (χ1n) is 8.69. The standard InChI is InChI=1S/C17H20ClF3N4O3S/c1-3-24(16(26)12(2)11-29(28)8-6-17(19,20)21)14-10-25(22-15(14)18)13-5-4-7-23(27)9-13/h4-5,7,9-10,12H,3,6,8,11H2,1-2H3. The van der Waals surface area contributed by atoms with Gasteiger partial charge in [0.25, 0.3) is 0 Å². The molecule has 2 unspecified atom stereocenters. The number of amides is 1. The van der Waals surface area contributed by atoms with E-state index in [2.05, 4.69) is 5.10 Å². The Labute approximate surface area is 173 Å². The normalized spacial score (nSPS) is 13.9. The van der Waals surface area contributed by atoms with Crippen LogP contribution in [0, 0.1) is 11.1 Å². The molecule has 0 bridgehead atoms. The molecule has 0 radical (unpaired) electrons. The van der Waals surface area contributed by atoms with Crippen molar-refractivity contribution in [2.45, 2.75) is 26.4 Å². The Morgan fingerprint density at radius 1 is 1.48 bits per heavy atom. The average Bonchev–Trinajstić information content (AvgIpc) is 3.01. The molecule has 29 heavy (non-hydrogen) atoms. The maximum Gasteiger partial charge on any atom is 0.390 e. The highest BCUT2D eigenvalue weighted by Gasteiger charge is 2.30. The molecular weight excluding hydrogens is 433 g/mol. The van der Waals surface area contributed by atoms with E-state index in [-0.39, 0.29) is 23.1 Å². The molecule has 0 aliphatic heterocycles. The van der Waals surface area contributed by atoms with Crippen LogP contribution in [0.25, 0.3) is 5.69 Å². The third-order valence-electron chi connectivity index (χ3n) is 4.02. The highest BCUT2D eigenvalue weighted by Crippen LogP contribution is 2.27. The Morgan fingerprint density at radius 3 is 2.76 bits per heavy atom. The van der Waals surface area contributed by atoms with Gasteiger partial charge in [-0.3, -0.25) is 9.00 Å². The van der Waals surface area contributed by atoms with Crippen molar-refractivity contribution in [3.05, 3.63) is 41.1 Å². The van der Waals surface area contributed by atoms with E-state index in [9.17, 15) is 27.4 Å². The van der Waals surface area contributed by atoms with Crippen molar-refractivity contribution < 1.29 is 26.9 Å². The topological polar surface area (TPSA) is 82.1 Å². The zero-order chi connectivity index (χ0) is 21.8. The van der Waals surface area contributed by atoms with Crippen LogP contribution in [-0.4, -0.2) is 44.1 Å². The van der Waals surface area contributed by atoms with Crippen LogP contribution >= 0.6 is 11.6 Å². The predicted molar refractivity (Wildman–Crippen MR) is 103 cm³/mol. The van der Waals surface area contributed by atoms with E-state index in [0.29, 0.717) is 10.4 Å². The summed E-state index contributed by atoms with van der Waals surface area (Å²) in [5, 5.41) is 15.6. The van der Waals surface area contributed by atoms with Gasteiger partial charge in [0, 0.05) is 40.8 Å². The van der Waals surface area contributed by atoms with Crippen LogP contribution in [0.4, 0.5) is 18.9 Å². The second-order valence-electron chi connectivity index (χ2n) is 6.33. The number of carbonyl (C=O) groups excluding carboxylic acids is 1. The molecule has 0 aromatic carbocycles. The summed E-state index contributed by atoms with van der Waals surface area (Å²) in [6.45, 7) is 3.43. The van der Waals surface area contributed by atoms with Crippen molar-refractivity contribution in [2.24, 2.45) is 5.92 Å². The van der Waals surface area contributed by atoms with Crippen molar-refractivity contribution >= 4 is 34.0 Å². The van der Waals surface area contributed by atoms with Crippen molar-refractivity contribution in [1.29, 1.82) is 0 Å². The van der Waals surface area contributed by atoms with Gasteiger partial charge in [-0.05, 0) is 13.0 Å². The second kappa shape index (κ2) is 9.57. The van der Waals surface area contributed by atoms with E-state index >= 15 is 0 Å². The summed E-state index contributed by atoms with van der Waals surface area (Å²) < 4.78 is 50.7. The molecule has 2 aromatic heterocycles. The Morgan fingerprint density at radius 2 is 2.17 bits per heavy atom. The predicted octanol–water partition coefficient (Wildman–Crippen LogP) is 2.85. The summed E-state index contributed by atoms with van der Waals surface area (Å²) in [6.07, 6.45) is -1.49. The van der Waals surface area contributed by atoms with Crippen molar-refractivity contribution in [3.8, 4) is 5.69 Å². The fraction of sp³-hybridized carbons (Fsp3) is 0.471. The van der Waals surface area contributed by atoms with Gasteiger partial charge in [-0.25, -0.2) is 4.68 Å². The molecule has 0 spiro atoms. The quantitative estimate of drug-likeness (QED) is 0.455. The van der Waals surface area contributed by atoms with Crippen LogP contribution in [0.2, 0.25) is 5.15 Å². The van der Waals surface area contributed by atoms with Crippen LogP contribution in [-0.2, 0) is 15.6 Å². The zero-order valence-corrected chi connectivity index (χ0v) is 17.3. The molecule has 2 aromatic rings.